The highest BCUT2D eigenvalue weighted by Gasteiger charge is 2.10. The van der Waals surface area contributed by atoms with Gasteiger partial charge in [0.1, 0.15) is 0 Å². The van der Waals surface area contributed by atoms with Crippen LogP contribution in [0.2, 0.25) is 0 Å². The molecule has 3 nitrogen and oxygen atoms in total. The van der Waals surface area contributed by atoms with Gasteiger partial charge in [-0.15, -0.1) is 0 Å². The van der Waals surface area contributed by atoms with Gasteiger partial charge in [0, 0.05) is 35.6 Å². The van der Waals surface area contributed by atoms with E-state index < -0.39 is 6.49 Å². The largest absolute Gasteiger partial charge is 0.255 e. The van der Waals surface area contributed by atoms with Crippen LogP contribution >= 0.6 is 0 Å². The highest BCUT2D eigenvalue weighted by atomic mass is 14.8. The number of hydrogen-bond acceptors (Lipinski definition) is 3. The molecule has 3 rings (SSSR count). The third-order valence-corrected chi connectivity index (χ3v) is 3.65. The van der Waals surface area contributed by atoms with E-state index in [0.29, 0.717) is 11.4 Å². The van der Waals surface area contributed by atoms with Crippen LogP contribution in [0, 0.1) is 6.92 Å². The molecule has 8 heteroatoms. The van der Waals surface area contributed by atoms with Crippen LogP contribution in [0.5, 0.6) is 0 Å². The number of aromatic nitrogens is 3. The molecule has 24 heavy (non-hydrogen) atoms. The van der Waals surface area contributed by atoms with Gasteiger partial charge < -0.3 is 0 Å². The molecule has 0 atom stereocenters. The zero-order valence-corrected chi connectivity index (χ0v) is 13.3. The van der Waals surface area contributed by atoms with Crippen LogP contribution in [0.1, 0.15) is 5.56 Å². The van der Waals surface area contributed by atoms with E-state index in [0.717, 1.165) is 27.9 Å². The molecular formula is C16H11B5N3. The first kappa shape index (κ1) is 16.6. The van der Waals surface area contributed by atoms with Gasteiger partial charge in [0.2, 0.25) is 0 Å². The quantitative estimate of drug-likeness (QED) is 0.635. The van der Waals surface area contributed by atoms with E-state index in [2.05, 4.69) is 15.0 Å². The summed E-state index contributed by atoms with van der Waals surface area (Å²) in [5.41, 5.74) is 5.63. The average Bonchev–Trinajstić information content (AvgIpc) is 2.61. The van der Waals surface area contributed by atoms with Crippen LogP contribution in [0.4, 0.5) is 0 Å². The lowest BCUT2D eigenvalue weighted by Gasteiger charge is -2.10. The predicted molar refractivity (Wildman–Crippen MR) is 103 cm³/mol. The summed E-state index contributed by atoms with van der Waals surface area (Å²) >= 11 is 0. The summed E-state index contributed by atoms with van der Waals surface area (Å²) in [7, 11) is 18.7. The number of aryl methyl sites for hydroxylation is 1. The Balaban J connectivity index is 2.12. The Kier molecular flexibility index (Phi) is 4.93. The second kappa shape index (κ2) is 7.12. The molecule has 3 aromatic heterocycles. The molecule has 0 unspecified atom stereocenters. The van der Waals surface area contributed by atoms with Gasteiger partial charge in [-0.3, -0.25) is 9.97 Å². The fraction of sp³-hybridized carbons (Fsp3) is 0.0625. The zero-order chi connectivity index (χ0) is 17.1. The van der Waals surface area contributed by atoms with Crippen molar-refractivity contribution in [3.8, 4) is 22.8 Å². The standard InChI is InChI=1S/C16H11B5N3/c1-10-2-4-22-13(6-10)15-7-11(20-17)8-16(24-15)14-9-12(21(18)19)3-5-23-14/h2-9H,1H3. The van der Waals surface area contributed by atoms with Crippen molar-refractivity contribution in [3.05, 3.63) is 54.4 Å². The minimum Gasteiger partial charge on any atom is -0.255 e. The molecule has 7 radical (unpaired) electrons. The van der Waals surface area contributed by atoms with Gasteiger partial charge in [-0.05, 0) is 42.8 Å². The summed E-state index contributed by atoms with van der Waals surface area (Å²) in [6.45, 7) is 1.45. The van der Waals surface area contributed by atoms with E-state index in [1.54, 1.807) is 18.5 Å². The second-order valence-electron chi connectivity index (χ2n) is 5.56. The summed E-state index contributed by atoms with van der Waals surface area (Å²) in [4.78, 5) is 13.4. The molecular weight excluding hydrogens is 288 g/mol. The highest BCUT2D eigenvalue weighted by Crippen LogP contribution is 2.19. The Morgan fingerprint density at radius 2 is 1.50 bits per heavy atom. The van der Waals surface area contributed by atoms with E-state index in [1.165, 1.54) is 7.17 Å². The van der Waals surface area contributed by atoms with Gasteiger partial charge >= 0.3 is 0 Å². The molecule has 0 aliphatic rings. The monoisotopic (exact) mass is 300 g/mol. The maximum atomic E-state index is 5.75. The third kappa shape index (κ3) is 3.64. The molecule has 0 spiro atoms. The fourth-order valence-electron chi connectivity index (χ4n) is 2.38. The van der Waals surface area contributed by atoms with Crippen molar-refractivity contribution in [1.82, 2.24) is 15.0 Å². The summed E-state index contributed by atoms with van der Waals surface area (Å²) in [5.74, 6) is 0. The third-order valence-electron chi connectivity index (χ3n) is 3.65. The van der Waals surface area contributed by atoms with Crippen LogP contribution in [-0.2, 0) is 0 Å². The van der Waals surface area contributed by atoms with Gasteiger partial charge in [0.15, 0.2) is 0 Å². The number of pyridine rings is 3. The van der Waals surface area contributed by atoms with Crippen LogP contribution in [-0.4, -0.2) is 51.8 Å². The molecule has 0 fully saturated rings. The Morgan fingerprint density at radius 1 is 0.875 bits per heavy atom. The van der Waals surface area contributed by atoms with Crippen LogP contribution in [0.15, 0.2) is 48.8 Å². The molecule has 0 saturated heterocycles. The van der Waals surface area contributed by atoms with Crippen molar-refractivity contribution in [3.63, 3.8) is 0 Å². The normalized spacial score (nSPS) is 10.4. The average molecular weight is 299 g/mol. The van der Waals surface area contributed by atoms with Crippen molar-refractivity contribution in [2.75, 3.05) is 0 Å². The Hall–Kier alpha value is -2.23. The number of rotatable bonds is 4. The van der Waals surface area contributed by atoms with Gasteiger partial charge in [0.25, 0.3) is 0 Å². The molecule has 105 valence electrons. The molecule has 0 aliphatic heterocycles. The van der Waals surface area contributed by atoms with E-state index >= 15 is 0 Å². The Labute approximate surface area is 147 Å². The van der Waals surface area contributed by atoms with Crippen molar-refractivity contribution >= 4 is 47.8 Å². The smallest absolute Gasteiger partial charge is 0.0959 e. The molecule has 0 saturated carbocycles. The lowest BCUT2D eigenvalue weighted by atomic mass is 9.17. The van der Waals surface area contributed by atoms with Crippen molar-refractivity contribution < 1.29 is 0 Å². The Morgan fingerprint density at radius 3 is 2.08 bits per heavy atom. The van der Waals surface area contributed by atoms with Crippen LogP contribution in [0.3, 0.4) is 0 Å². The first-order valence-electron chi connectivity index (χ1n) is 7.54. The van der Waals surface area contributed by atoms with E-state index in [4.69, 9.17) is 23.2 Å². The van der Waals surface area contributed by atoms with E-state index in [1.807, 2.05) is 37.3 Å². The molecule has 0 amide bonds. The van der Waals surface area contributed by atoms with E-state index in [-0.39, 0.29) is 0 Å². The van der Waals surface area contributed by atoms with Gasteiger partial charge in [-0.1, -0.05) is 17.0 Å². The van der Waals surface area contributed by atoms with Crippen molar-refractivity contribution in [1.29, 1.82) is 0 Å². The molecule has 0 bridgehead atoms. The summed E-state index contributed by atoms with van der Waals surface area (Å²) in [5, 5.41) is 0. The number of hydrogen-bond donors (Lipinski definition) is 0. The maximum Gasteiger partial charge on any atom is 0.0959 e. The maximum absolute atomic E-state index is 5.75. The lowest BCUT2D eigenvalue weighted by Crippen LogP contribution is -2.31. The van der Waals surface area contributed by atoms with Crippen molar-refractivity contribution in [2.24, 2.45) is 0 Å². The molecule has 0 aromatic carbocycles. The second-order valence-corrected chi connectivity index (χ2v) is 5.56. The SMILES string of the molecule is [B][B]c1cc(-c2cc(C)ccn2)nc(-c2cc(B([B])[B])ccn2)c1. The van der Waals surface area contributed by atoms with Crippen LogP contribution < -0.4 is 10.9 Å². The lowest BCUT2D eigenvalue weighted by molar-refractivity contribution is 1.21. The molecule has 0 aliphatic carbocycles. The predicted octanol–water partition coefficient (Wildman–Crippen LogP) is -0.0408. The van der Waals surface area contributed by atoms with Crippen LogP contribution in [0.25, 0.3) is 22.8 Å². The number of nitrogens with zero attached hydrogens (tertiary/aromatic N) is 3. The molecule has 0 N–H and O–H groups in total. The van der Waals surface area contributed by atoms with Gasteiger partial charge in [-0.2, -0.15) is 0 Å². The molecule has 3 heterocycles. The van der Waals surface area contributed by atoms with E-state index in [9.17, 15) is 0 Å². The summed E-state index contributed by atoms with van der Waals surface area (Å²) in [6, 6.07) is 11.3. The van der Waals surface area contributed by atoms with Gasteiger partial charge in [0.05, 0.1) is 36.4 Å². The topological polar surface area (TPSA) is 38.7 Å². The summed E-state index contributed by atoms with van der Waals surface area (Å²) in [6.07, 6.45) is 3.43. The Bertz CT molecular complexity index is 870. The minimum absolute atomic E-state index is 0.561. The fourth-order valence-corrected chi connectivity index (χ4v) is 2.38. The van der Waals surface area contributed by atoms with Gasteiger partial charge in [-0.25, -0.2) is 4.98 Å². The molecule has 3 aromatic rings. The summed E-state index contributed by atoms with van der Waals surface area (Å²) < 4.78 is 0. The zero-order valence-electron chi connectivity index (χ0n) is 13.3. The highest BCUT2D eigenvalue weighted by molar-refractivity contribution is 7.35. The minimum atomic E-state index is -0.561. The van der Waals surface area contributed by atoms with Crippen molar-refractivity contribution in [2.45, 2.75) is 6.92 Å². The first-order chi connectivity index (χ1) is 11.6. The first-order valence-corrected chi connectivity index (χ1v) is 7.54.